The molecule has 0 amide bonds. The summed E-state index contributed by atoms with van der Waals surface area (Å²) in [5.41, 5.74) is 10.6. The van der Waals surface area contributed by atoms with Gasteiger partial charge in [-0.2, -0.15) is 5.26 Å². The second-order valence-electron chi connectivity index (χ2n) is 9.01. The summed E-state index contributed by atoms with van der Waals surface area (Å²) in [6, 6.07) is 12.9. The zero-order chi connectivity index (χ0) is 23.8. The summed E-state index contributed by atoms with van der Waals surface area (Å²) in [6.45, 7) is 5.83. The van der Waals surface area contributed by atoms with Gasteiger partial charge in [-0.1, -0.05) is 12.1 Å². The molecular weight excluding hydrogens is 429 g/mol. The van der Waals surface area contributed by atoms with Crippen LogP contribution in [0.25, 0.3) is 33.5 Å². The first-order valence-electron chi connectivity index (χ1n) is 11.5. The van der Waals surface area contributed by atoms with E-state index in [0.29, 0.717) is 23.0 Å². The fourth-order valence-corrected chi connectivity index (χ4v) is 4.42. The van der Waals surface area contributed by atoms with E-state index in [1.54, 1.807) is 12.3 Å². The van der Waals surface area contributed by atoms with Gasteiger partial charge in [0.1, 0.15) is 17.7 Å². The van der Waals surface area contributed by atoms with Gasteiger partial charge in [0.25, 0.3) is 0 Å². The van der Waals surface area contributed by atoms with E-state index in [0.717, 1.165) is 48.3 Å². The zero-order valence-corrected chi connectivity index (χ0v) is 19.2. The highest BCUT2D eigenvalue weighted by Crippen LogP contribution is 2.33. The molecule has 1 fully saturated rings. The van der Waals surface area contributed by atoms with Crippen molar-refractivity contribution in [2.24, 2.45) is 5.73 Å². The summed E-state index contributed by atoms with van der Waals surface area (Å²) in [4.78, 5) is 16.4. The van der Waals surface area contributed by atoms with Crippen LogP contribution in [0.15, 0.2) is 48.9 Å². The molecule has 3 heterocycles. The van der Waals surface area contributed by atoms with Crippen molar-refractivity contribution in [2.45, 2.75) is 38.8 Å². The summed E-state index contributed by atoms with van der Waals surface area (Å²) < 4.78 is 16.7. The number of nitrogens with zero attached hydrogens (tertiary/aromatic N) is 6. The van der Waals surface area contributed by atoms with E-state index in [2.05, 4.69) is 28.3 Å². The first-order valence-corrected chi connectivity index (χ1v) is 11.5. The zero-order valence-electron chi connectivity index (χ0n) is 19.2. The molecule has 1 saturated heterocycles. The van der Waals surface area contributed by atoms with Gasteiger partial charge in [0.2, 0.25) is 0 Å². The number of imidazole rings is 1. The molecule has 8 heteroatoms. The number of piperidine rings is 1. The van der Waals surface area contributed by atoms with E-state index >= 15 is 0 Å². The van der Waals surface area contributed by atoms with Crippen molar-refractivity contribution in [1.29, 1.82) is 5.26 Å². The number of nitriles is 1. The molecule has 1 aliphatic rings. The Labute approximate surface area is 197 Å². The largest absolute Gasteiger partial charge is 0.355 e. The van der Waals surface area contributed by atoms with Gasteiger partial charge >= 0.3 is 0 Å². The van der Waals surface area contributed by atoms with Crippen LogP contribution in [0.4, 0.5) is 10.2 Å². The number of hydrogen-bond acceptors (Lipinski definition) is 6. The van der Waals surface area contributed by atoms with Crippen molar-refractivity contribution in [1.82, 2.24) is 19.5 Å². The molecule has 2 aromatic heterocycles. The van der Waals surface area contributed by atoms with Crippen LogP contribution in [-0.2, 0) is 0 Å². The lowest BCUT2D eigenvalue weighted by atomic mass is 10.0. The van der Waals surface area contributed by atoms with E-state index in [4.69, 9.17) is 21.0 Å². The summed E-state index contributed by atoms with van der Waals surface area (Å²) in [5.74, 6) is 0.161. The third kappa shape index (κ3) is 3.99. The van der Waals surface area contributed by atoms with Gasteiger partial charge in [0.15, 0.2) is 0 Å². The average molecular weight is 456 g/mol. The van der Waals surface area contributed by atoms with Crippen LogP contribution in [0.1, 0.15) is 38.3 Å². The lowest BCUT2D eigenvalue weighted by Crippen LogP contribution is -2.40. The fourth-order valence-electron chi connectivity index (χ4n) is 4.42. The summed E-state index contributed by atoms with van der Waals surface area (Å²) in [5, 5.41) is 9.15. The van der Waals surface area contributed by atoms with Crippen LogP contribution in [0.5, 0.6) is 0 Å². The maximum atomic E-state index is 14.5. The molecule has 4 aromatic rings. The van der Waals surface area contributed by atoms with Crippen LogP contribution in [0, 0.1) is 17.1 Å². The number of hydrogen-bond donors (Lipinski definition) is 1. The van der Waals surface area contributed by atoms with Gasteiger partial charge in [-0.15, -0.1) is 0 Å². The minimum atomic E-state index is -0.576. The first-order chi connectivity index (χ1) is 16.4. The Bertz CT molecular complexity index is 1390. The number of nitrogens with two attached hydrogens (primary N) is 1. The van der Waals surface area contributed by atoms with Crippen LogP contribution < -0.4 is 10.6 Å². The molecule has 1 aliphatic heterocycles. The van der Waals surface area contributed by atoms with Crippen molar-refractivity contribution in [3.63, 3.8) is 0 Å². The van der Waals surface area contributed by atoms with Crippen molar-refractivity contribution in [3.8, 4) is 28.6 Å². The maximum Gasteiger partial charge on any atom is 0.147 e. The van der Waals surface area contributed by atoms with Crippen LogP contribution in [0.3, 0.4) is 0 Å². The van der Waals surface area contributed by atoms with Crippen LogP contribution in [0.2, 0.25) is 0 Å². The van der Waals surface area contributed by atoms with E-state index in [1.165, 1.54) is 12.1 Å². The van der Waals surface area contributed by atoms with Gasteiger partial charge in [-0.05, 0) is 51.0 Å². The molecule has 0 spiro atoms. The van der Waals surface area contributed by atoms with Gasteiger partial charge in [-0.3, -0.25) is 4.98 Å². The molecule has 172 valence electrons. The standard InChI is InChI=1S/C26H26FN7/c1-16(2)34-15-31-22-12-18(5-6-23(22)34)25-26(17-3-4-19(13-28)21(27)11-17)32-24(14-30-25)33-9-7-20(29)8-10-33/h3-6,11-12,14-16,20H,7-10,29H2,1-2H3. The molecule has 2 N–H and O–H groups in total. The third-order valence-electron chi connectivity index (χ3n) is 6.39. The fraction of sp³-hybridized carbons (Fsp3) is 0.308. The predicted octanol–water partition coefficient (Wildman–Crippen LogP) is 4.68. The van der Waals surface area contributed by atoms with E-state index in [1.807, 2.05) is 30.6 Å². The minimum absolute atomic E-state index is 0.0000710. The lowest BCUT2D eigenvalue weighted by molar-refractivity contribution is 0.498. The Morgan fingerprint density at radius 1 is 1.06 bits per heavy atom. The minimum Gasteiger partial charge on any atom is -0.355 e. The maximum absolute atomic E-state index is 14.5. The van der Waals surface area contributed by atoms with Crippen LogP contribution in [-0.4, -0.2) is 38.7 Å². The monoisotopic (exact) mass is 455 g/mol. The number of halogens is 1. The molecular formula is C26H26FN7. The smallest absolute Gasteiger partial charge is 0.147 e. The number of rotatable bonds is 4. The second kappa shape index (κ2) is 8.84. The lowest BCUT2D eigenvalue weighted by Gasteiger charge is -2.31. The molecule has 0 bridgehead atoms. The summed E-state index contributed by atoms with van der Waals surface area (Å²) >= 11 is 0. The number of anilines is 1. The Balaban J connectivity index is 1.63. The topological polar surface area (TPSA) is 96.7 Å². The molecule has 0 radical (unpaired) electrons. The highest BCUT2D eigenvalue weighted by Gasteiger charge is 2.21. The molecule has 5 rings (SSSR count). The molecule has 0 saturated carbocycles. The molecule has 7 nitrogen and oxygen atoms in total. The number of fused-ring (bicyclic) bond motifs is 1. The predicted molar refractivity (Wildman–Crippen MR) is 131 cm³/mol. The Hall–Kier alpha value is -3.83. The second-order valence-corrected chi connectivity index (χ2v) is 9.01. The quantitative estimate of drug-likeness (QED) is 0.480. The molecule has 34 heavy (non-hydrogen) atoms. The Morgan fingerprint density at radius 3 is 2.50 bits per heavy atom. The van der Waals surface area contributed by atoms with Crippen LogP contribution >= 0.6 is 0 Å². The van der Waals surface area contributed by atoms with Gasteiger partial charge in [-0.25, -0.2) is 14.4 Å². The molecule has 0 aliphatic carbocycles. The molecule has 0 atom stereocenters. The highest BCUT2D eigenvalue weighted by atomic mass is 19.1. The van der Waals surface area contributed by atoms with Crippen molar-refractivity contribution in [2.75, 3.05) is 18.0 Å². The van der Waals surface area contributed by atoms with Crippen molar-refractivity contribution >= 4 is 16.9 Å². The molecule has 0 unspecified atom stereocenters. The van der Waals surface area contributed by atoms with Crippen molar-refractivity contribution < 1.29 is 4.39 Å². The SMILES string of the molecule is CC(C)n1cnc2cc(-c3ncc(N4CCC(N)CC4)nc3-c3ccc(C#N)c(F)c3)ccc21. The van der Waals surface area contributed by atoms with Gasteiger partial charge in [0.05, 0.1) is 40.5 Å². The highest BCUT2D eigenvalue weighted by molar-refractivity contribution is 5.86. The third-order valence-corrected chi connectivity index (χ3v) is 6.39. The number of benzene rings is 2. The van der Waals surface area contributed by atoms with E-state index < -0.39 is 5.82 Å². The van der Waals surface area contributed by atoms with Gasteiger partial charge in [0, 0.05) is 36.3 Å². The Morgan fingerprint density at radius 2 is 1.79 bits per heavy atom. The summed E-state index contributed by atoms with van der Waals surface area (Å²) in [6.07, 6.45) is 5.39. The van der Waals surface area contributed by atoms with E-state index in [9.17, 15) is 4.39 Å². The Kier molecular flexibility index (Phi) is 5.72. The van der Waals surface area contributed by atoms with Crippen molar-refractivity contribution in [3.05, 3.63) is 60.3 Å². The average Bonchev–Trinajstić information content (AvgIpc) is 3.28. The normalized spacial score (nSPS) is 14.6. The van der Waals surface area contributed by atoms with Gasteiger partial charge < -0.3 is 15.2 Å². The molecule has 2 aromatic carbocycles. The first kappa shape index (κ1) is 22.0. The van der Waals surface area contributed by atoms with E-state index in [-0.39, 0.29) is 11.6 Å². The summed E-state index contributed by atoms with van der Waals surface area (Å²) in [7, 11) is 0. The number of aromatic nitrogens is 4.